The Labute approximate surface area is 208 Å². The number of esters is 1. The van der Waals surface area contributed by atoms with Gasteiger partial charge in [-0.25, -0.2) is 9.18 Å². The van der Waals surface area contributed by atoms with Crippen molar-refractivity contribution in [3.63, 3.8) is 0 Å². The van der Waals surface area contributed by atoms with E-state index in [4.69, 9.17) is 4.74 Å². The summed E-state index contributed by atoms with van der Waals surface area (Å²) in [5, 5.41) is 9.32. The quantitative estimate of drug-likeness (QED) is 0.173. The van der Waals surface area contributed by atoms with Crippen molar-refractivity contribution < 1.29 is 19.0 Å². The minimum atomic E-state index is -0.440. The van der Waals surface area contributed by atoms with Gasteiger partial charge in [-0.15, -0.1) is 0 Å². The fourth-order valence-electron chi connectivity index (χ4n) is 4.13. The van der Waals surface area contributed by atoms with Crippen LogP contribution < -0.4 is 0 Å². The monoisotopic (exact) mass is 474 g/mol. The lowest BCUT2D eigenvalue weighted by Gasteiger charge is -2.14. The zero-order valence-corrected chi connectivity index (χ0v) is 20.8. The molecule has 0 atom stereocenters. The van der Waals surface area contributed by atoms with Crippen molar-refractivity contribution in [2.75, 3.05) is 13.2 Å². The zero-order chi connectivity index (χ0) is 25.2. The first-order valence-corrected chi connectivity index (χ1v) is 12.4. The molecule has 0 fully saturated rings. The Morgan fingerprint density at radius 2 is 1.57 bits per heavy atom. The summed E-state index contributed by atoms with van der Waals surface area (Å²) < 4.78 is 20.6. The molecule has 0 spiro atoms. The van der Waals surface area contributed by atoms with Crippen molar-refractivity contribution in [2.24, 2.45) is 0 Å². The van der Waals surface area contributed by atoms with Gasteiger partial charge in [0.05, 0.1) is 6.61 Å². The molecule has 3 rings (SSSR count). The van der Waals surface area contributed by atoms with Crippen LogP contribution in [0.1, 0.15) is 49.8 Å². The van der Waals surface area contributed by atoms with Crippen LogP contribution in [-0.4, -0.2) is 24.3 Å². The number of carbonyl (C=O) groups is 1. The van der Waals surface area contributed by atoms with Crippen LogP contribution in [0.4, 0.5) is 4.39 Å². The average Bonchev–Trinajstić information content (AvgIpc) is 2.85. The second-order valence-electron chi connectivity index (χ2n) is 8.98. The molecule has 3 aromatic rings. The van der Waals surface area contributed by atoms with Gasteiger partial charge >= 0.3 is 5.97 Å². The largest absolute Gasteiger partial charge is 0.462 e. The highest BCUT2D eigenvalue weighted by Gasteiger charge is 2.13. The van der Waals surface area contributed by atoms with Crippen LogP contribution in [0.3, 0.4) is 0 Å². The maximum atomic E-state index is 15.4. The summed E-state index contributed by atoms with van der Waals surface area (Å²) >= 11 is 0. The standard InChI is InChI=1S/C31H35FO3/c1-4-5-6-7-23-8-11-25(12-9-23)26-13-15-29(30(32)21-26)28-14-10-24(16-18-33)20-27(28)17-19-35-31(34)22(2)3/h8-15,20-21,33H,2,4-7,16-19H2,1,3H3. The number of unbranched alkanes of at least 4 members (excludes halogenated alkanes) is 2. The Morgan fingerprint density at radius 1 is 0.886 bits per heavy atom. The molecule has 0 bridgehead atoms. The van der Waals surface area contributed by atoms with Crippen LogP contribution in [0, 0.1) is 5.82 Å². The van der Waals surface area contributed by atoms with Gasteiger partial charge in [-0.1, -0.05) is 80.9 Å². The van der Waals surface area contributed by atoms with Crippen molar-refractivity contribution >= 4 is 5.97 Å². The molecule has 0 unspecified atom stereocenters. The first-order chi connectivity index (χ1) is 16.9. The topological polar surface area (TPSA) is 46.5 Å². The Balaban J connectivity index is 1.83. The molecular weight excluding hydrogens is 439 g/mol. The van der Waals surface area contributed by atoms with Crippen LogP contribution in [0.2, 0.25) is 0 Å². The average molecular weight is 475 g/mol. The van der Waals surface area contributed by atoms with Gasteiger partial charge in [0.2, 0.25) is 0 Å². The molecule has 3 aromatic carbocycles. The van der Waals surface area contributed by atoms with Gasteiger partial charge in [-0.2, -0.15) is 0 Å². The van der Waals surface area contributed by atoms with Gasteiger partial charge in [0.25, 0.3) is 0 Å². The predicted molar refractivity (Wildman–Crippen MR) is 141 cm³/mol. The van der Waals surface area contributed by atoms with E-state index in [1.807, 2.05) is 30.3 Å². The Morgan fingerprint density at radius 3 is 2.23 bits per heavy atom. The Kier molecular flexibility index (Phi) is 9.80. The van der Waals surface area contributed by atoms with Crippen LogP contribution in [0.5, 0.6) is 0 Å². The van der Waals surface area contributed by atoms with Gasteiger partial charge in [0.15, 0.2) is 0 Å². The van der Waals surface area contributed by atoms with E-state index in [1.165, 1.54) is 24.8 Å². The normalized spacial score (nSPS) is 10.9. The molecule has 0 aliphatic heterocycles. The number of hydrogen-bond acceptors (Lipinski definition) is 3. The van der Waals surface area contributed by atoms with Crippen molar-refractivity contribution in [3.05, 3.63) is 95.3 Å². The molecule has 3 nitrogen and oxygen atoms in total. The van der Waals surface area contributed by atoms with Crippen LogP contribution in [-0.2, 0) is 28.8 Å². The molecular formula is C31H35FO3. The highest BCUT2D eigenvalue weighted by Crippen LogP contribution is 2.31. The number of carbonyl (C=O) groups excluding carboxylic acids is 1. The summed E-state index contributed by atoms with van der Waals surface area (Å²) in [5.74, 6) is -0.741. The molecule has 0 heterocycles. The lowest BCUT2D eigenvalue weighted by Crippen LogP contribution is -2.09. The molecule has 0 amide bonds. The minimum absolute atomic E-state index is 0.0316. The SMILES string of the molecule is C=C(C)C(=O)OCCc1cc(CCO)ccc1-c1ccc(-c2ccc(CCCCC)cc2)cc1F. The smallest absolute Gasteiger partial charge is 0.333 e. The lowest BCUT2D eigenvalue weighted by atomic mass is 9.93. The van der Waals surface area contributed by atoms with E-state index >= 15 is 4.39 Å². The number of halogens is 1. The minimum Gasteiger partial charge on any atom is -0.462 e. The first-order valence-electron chi connectivity index (χ1n) is 12.4. The molecule has 1 N–H and O–H groups in total. The second kappa shape index (κ2) is 13.0. The van der Waals surface area contributed by atoms with Crippen LogP contribution in [0.15, 0.2) is 72.8 Å². The van der Waals surface area contributed by atoms with E-state index in [2.05, 4.69) is 37.8 Å². The molecule has 0 aliphatic rings. The highest BCUT2D eigenvalue weighted by atomic mass is 19.1. The molecule has 0 saturated heterocycles. The lowest BCUT2D eigenvalue weighted by molar-refractivity contribution is -0.138. The predicted octanol–water partition coefficient (Wildman–Crippen LogP) is 7.09. The molecule has 0 radical (unpaired) electrons. The van der Waals surface area contributed by atoms with E-state index in [-0.39, 0.29) is 19.0 Å². The van der Waals surface area contributed by atoms with Crippen molar-refractivity contribution in [2.45, 2.75) is 52.4 Å². The molecule has 0 saturated carbocycles. The molecule has 4 heteroatoms. The van der Waals surface area contributed by atoms with Gasteiger partial charge in [0, 0.05) is 24.2 Å². The molecule has 184 valence electrons. The summed E-state index contributed by atoms with van der Waals surface area (Å²) in [6.07, 6.45) is 5.63. The molecule has 35 heavy (non-hydrogen) atoms. The maximum Gasteiger partial charge on any atom is 0.333 e. The van der Waals surface area contributed by atoms with Gasteiger partial charge < -0.3 is 9.84 Å². The van der Waals surface area contributed by atoms with Crippen molar-refractivity contribution in [1.29, 1.82) is 0 Å². The summed E-state index contributed by atoms with van der Waals surface area (Å²) in [5.41, 5.74) is 6.55. The third-order valence-corrected chi connectivity index (χ3v) is 6.14. The van der Waals surface area contributed by atoms with Gasteiger partial charge in [-0.05, 0) is 65.6 Å². The third kappa shape index (κ3) is 7.37. The van der Waals surface area contributed by atoms with Crippen molar-refractivity contribution in [3.8, 4) is 22.3 Å². The van der Waals surface area contributed by atoms with E-state index in [9.17, 15) is 9.90 Å². The number of hydrogen-bond donors (Lipinski definition) is 1. The maximum absolute atomic E-state index is 15.4. The number of rotatable bonds is 12. The number of aliphatic hydroxyl groups excluding tert-OH is 1. The van der Waals surface area contributed by atoms with Crippen molar-refractivity contribution in [1.82, 2.24) is 0 Å². The number of aliphatic hydroxyl groups is 1. The van der Waals surface area contributed by atoms with Gasteiger partial charge in [0.1, 0.15) is 5.82 Å². The summed E-state index contributed by atoms with van der Waals surface area (Å²) in [6.45, 7) is 7.61. The summed E-state index contributed by atoms with van der Waals surface area (Å²) in [7, 11) is 0. The number of aryl methyl sites for hydroxylation is 1. The molecule has 0 aromatic heterocycles. The molecule has 0 aliphatic carbocycles. The van der Waals surface area contributed by atoms with Gasteiger partial charge in [-0.3, -0.25) is 0 Å². The van der Waals surface area contributed by atoms with E-state index in [0.29, 0.717) is 24.0 Å². The summed E-state index contributed by atoms with van der Waals surface area (Å²) in [4.78, 5) is 11.8. The first kappa shape index (κ1) is 26.4. The zero-order valence-electron chi connectivity index (χ0n) is 20.8. The van der Waals surface area contributed by atoms with E-state index in [0.717, 1.165) is 34.2 Å². The fraction of sp³-hybridized carbons (Fsp3) is 0.323. The Hall–Kier alpha value is -3.24. The van der Waals surface area contributed by atoms with E-state index in [1.54, 1.807) is 13.0 Å². The fourth-order valence-corrected chi connectivity index (χ4v) is 4.13. The highest BCUT2D eigenvalue weighted by molar-refractivity contribution is 5.87. The van der Waals surface area contributed by atoms with E-state index < -0.39 is 5.97 Å². The number of ether oxygens (including phenoxy) is 1. The van der Waals surface area contributed by atoms with Crippen LogP contribution in [0.25, 0.3) is 22.3 Å². The number of benzene rings is 3. The summed E-state index contributed by atoms with van der Waals surface area (Å²) in [6, 6.07) is 19.4. The third-order valence-electron chi connectivity index (χ3n) is 6.14. The second-order valence-corrected chi connectivity index (χ2v) is 8.98. The van der Waals surface area contributed by atoms with Crippen LogP contribution >= 0.6 is 0 Å². The Bertz CT molecular complexity index is 1150.